The van der Waals surface area contributed by atoms with Crippen LogP contribution in [0.1, 0.15) is 74.2 Å². The number of aromatic nitrogens is 2. The minimum absolute atomic E-state index is 0.0635. The molecule has 0 bridgehead atoms. The zero-order valence-corrected chi connectivity index (χ0v) is 20.1. The van der Waals surface area contributed by atoms with Gasteiger partial charge in [-0.2, -0.15) is 0 Å². The van der Waals surface area contributed by atoms with Crippen LogP contribution >= 0.6 is 0 Å². The molecule has 0 aliphatic heterocycles. The zero-order valence-electron chi connectivity index (χ0n) is 20.1. The predicted octanol–water partition coefficient (Wildman–Crippen LogP) is 6.11. The van der Waals surface area contributed by atoms with E-state index in [1.54, 1.807) is 13.1 Å². The molecule has 172 valence electrons. The molecule has 0 saturated heterocycles. The summed E-state index contributed by atoms with van der Waals surface area (Å²) in [5.74, 6) is 0.456. The summed E-state index contributed by atoms with van der Waals surface area (Å²) in [4.78, 5) is 21.1. The van der Waals surface area contributed by atoms with E-state index in [9.17, 15) is 4.79 Å². The highest BCUT2D eigenvalue weighted by atomic mass is 16.1. The molecule has 1 aromatic carbocycles. The smallest absolute Gasteiger partial charge is 0.173 e. The first-order chi connectivity index (χ1) is 15.7. The molecule has 1 aliphatic rings. The van der Waals surface area contributed by atoms with Gasteiger partial charge in [0.15, 0.2) is 5.82 Å². The molecule has 2 unspecified atom stereocenters. The van der Waals surface area contributed by atoms with Crippen molar-refractivity contribution in [3.63, 3.8) is 0 Å². The predicted molar refractivity (Wildman–Crippen MR) is 135 cm³/mol. The van der Waals surface area contributed by atoms with Gasteiger partial charge in [0.1, 0.15) is 5.78 Å². The summed E-state index contributed by atoms with van der Waals surface area (Å²) in [7, 11) is 0. The highest BCUT2D eigenvalue weighted by Crippen LogP contribution is 2.37. The number of carbonyl (C=O) groups excluding carboxylic acids is 1. The van der Waals surface area contributed by atoms with Gasteiger partial charge in [-0.25, -0.2) is 9.97 Å². The fourth-order valence-corrected chi connectivity index (χ4v) is 4.45. The maximum Gasteiger partial charge on any atom is 0.173 e. The molecule has 3 rings (SSSR count). The molecular weight excluding hydrogens is 408 g/mol. The van der Waals surface area contributed by atoms with Crippen molar-refractivity contribution in [1.82, 2.24) is 9.97 Å². The van der Waals surface area contributed by atoms with Gasteiger partial charge in [-0.15, -0.1) is 6.58 Å². The molecule has 2 N–H and O–H groups in total. The molecule has 1 aromatic heterocycles. The summed E-state index contributed by atoms with van der Waals surface area (Å²) in [5, 5.41) is 17.1. The van der Waals surface area contributed by atoms with Gasteiger partial charge >= 0.3 is 0 Å². The van der Waals surface area contributed by atoms with Crippen molar-refractivity contribution in [3.05, 3.63) is 77.4 Å². The van der Waals surface area contributed by atoms with Crippen molar-refractivity contribution in [2.75, 3.05) is 0 Å². The molecule has 1 heterocycles. The fourth-order valence-electron chi connectivity index (χ4n) is 4.45. The van der Waals surface area contributed by atoms with E-state index in [-0.39, 0.29) is 23.5 Å². The third kappa shape index (κ3) is 5.78. The lowest BCUT2D eigenvalue weighted by Crippen LogP contribution is -2.27. The summed E-state index contributed by atoms with van der Waals surface area (Å²) in [6.45, 7) is 11.7. The van der Waals surface area contributed by atoms with Crippen LogP contribution in [0.4, 0.5) is 0 Å². The third-order valence-electron chi connectivity index (χ3n) is 6.66. The Morgan fingerprint density at radius 1 is 1.24 bits per heavy atom. The van der Waals surface area contributed by atoms with E-state index in [4.69, 9.17) is 10.8 Å². The van der Waals surface area contributed by atoms with Crippen LogP contribution in [0.3, 0.4) is 0 Å². The molecule has 0 spiro atoms. The summed E-state index contributed by atoms with van der Waals surface area (Å²) in [5.41, 5.74) is 6.20. The number of Topliss-reactive ketones (excluding diaryl/α,β-unsaturated/α-hetero) is 1. The third-order valence-corrected chi connectivity index (χ3v) is 6.66. The topological polar surface area (TPSA) is 90.6 Å². The Morgan fingerprint density at radius 2 is 2.00 bits per heavy atom. The molecule has 3 atom stereocenters. The summed E-state index contributed by atoms with van der Waals surface area (Å²) >= 11 is 0. The van der Waals surface area contributed by atoms with Crippen molar-refractivity contribution in [3.8, 4) is 0 Å². The highest BCUT2D eigenvalue weighted by molar-refractivity contribution is 6.01. The molecule has 2 aromatic rings. The van der Waals surface area contributed by atoms with E-state index in [2.05, 4.69) is 48.6 Å². The maximum absolute atomic E-state index is 12.1. The summed E-state index contributed by atoms with van der Waals surface area (Å²) < 4.78 is 0. The lowest BCUT2D eigenvalue weighted by Gasteiger charge is -2.30. The van der Waals surface area contributed by atoms with Crippen LogP contribution in [0, 0.1) is 29.6 Å². The van der Waals surface area contributed by atoms with Gasteiger partial charge in [-0.3, -0.25) is 4.79 Å². The highest BCUT2D eigenvalue weighted by Gasteiger charge is 2.31. The molecule has 0 saturated carbocycles. The van der Waals surface area contributed by atoms with Gasteiger partial charge in [0.2, 0.25) is 0 Å². The number of ketones is 1. The van der Waals surface area contributed by atoms with E-state index in [1.807, 2.05) is 25.1 Å². The molecule has 0 amide bonds. The first kappa shape index (κ1) is 24.4. The van der Waals surface area contributed by atoms with E-state index in [0.29, 0.717) is 24.4 Å². The van der Waals surface area contributed by atoms with Crippen LogP contribution < -0.4 is 0 Å². The number of hydrogen-bond acceptors (Lipinski definition) is 5. The SMILES string of the molecule is C=C[C@@H](C)C(C)C(C(=N)c1nccc(C)n1)c1cc(C2=CCC(=N)CC2)ccc1CC(C)=O. The van der Waals surface area contributed by atoms with Gasteiger partial charge in [0, 0.05) is 36.4 Å². The number of nitrogens with one attached hydrogen (secondary N) is 2. The van der Waals surface area contributed by atoms with Gasteiger partial charge in [-0.1, -0.05) is 44.2 Å². The minimum atomic E-state index is -0.281. The van der Waals surface area contributed by atoms with Gasteiger partial charge in [-0.05, 0) is 66.9 Å². The minimum Gasteiger partial charge on any atom is -0.309 e. The monoisotopic (exact) mass is 442 g/mol. The van der Waals surface area contributed by atoms with Crippen LogP contribution in [0.2, 0.25) is 0 Å². The molecule has 0 fully saturated rings. The molecule has 5 nitrogen and oxygen atoms in total. The van der Waals surface area contributed by atoms with E-state index in [1.165, 1.54) is 5.57 Å². The number of aryl methyl sites for hydroxylation is 1. The Hall–Kier alpha value is -3.21. The second kappa shape index (κ2) is 10.6. The lowest BCUT2D eigenvalue weighted by atomic mass is 9.74. The number of rotatable bonds is 9. The summed E-state index contributed by atoms with van der Waals surface area (Å²) in [6.07, 6.45) is 8.37. The van der Waals surface area contributed by atoms with Crippen LogP contribution in [0.15, 0.2) is 49.2 Å². The molecule has 1 aliphatic carbocycles. The zero-order chi connectivity index (χ0) is 24.1. The largest absolute Gasteiger partial charge is 0.309 e. The second-order valence-corrected chi connectivity index (χ2v) is 9.20. The first-order valence-electron chi connectivity index (χ1n) is 11.6. The van der Waals surface area contributed by atoms with E-state index < -0.39 is 0 Å². The number of allylic oxidation sites excluding steroid dienone is 3. The first-order valence-corrected chi connectivity index (χ1v) is 11.6. The Balaban J connectivity index is 2.18. The Labute approximate surface area is 197 Å². The van der Waals surface area contributed by atoms with Gasteiger partial charge in [0.05, 0.1) is 5.71 Å². The van der Waals surface area contributed by atoms with Crippen LogP contribution in [0.25, 0.3) is 5.57 Å². The fraction of sp³-hybridized carbons (Fsp3) is 0.393. The van der Waals surface area contributed by atoms with Gasteiger partial charge < -0.3 is 10.8 Å². The van der Waals surface area contributed by atoms with Crippen molar-refractivity contribution in [2.45, 2.75) is 59.3 Å². The number of carbonyl (C=O) groups is 1. The quantitative estimate of drug-likeness (QED) is 0.362. The molecular formula is C28H34N4O. The van der Waals surface area contributed by atoms with Crippen molar-refractivity contribution < 1.29 is 4.79 Å². The summed E-state index contributed by atoms with van der Waals surface area (Å²) in [6, 6.07) is 8.10. The number of nitrogens with zero attached hydrogens (tertiary/aromatic N) is 2. The Bertz CT molecular complexity index is 1110. The average molecular weight is 443 g/mol. The number of hydrogen-bond donors (Lipinski definition) is 2. The standard InChI is InChI=1S/C28H34N4O/c1-6-17(2)20(5)26(27(30)28-31-14-13-18(3)32-28)25-16-22(7-8-23(25)15-19(4)33)21-9-11-24(29)12-10-21/h6-9,13-14,16-17,20,26,29-30H,1,10-12,15H2,2-5H3/t17-,20?,26?/m1/s1. The van der Waals surface area contributed by atoms with Crippen LogP contribution in [-0.2, 0) is 11.2 Å². The molecule has 33 heavy (non-hydrogen) atoms. The molecule has 0 radical (unpaired) electrons. The Morgan fingerprint density at radius 3 is 2.61 bits per heavy atom. The van der Waals surface area contributed by atoms with Crippen molar-refractivity contribution >= 4 is 22.8 Å². The average Bonchev–Trinajstić information content (AvgIpc) is 2.79. The van der Waals surface area contributed by atoms with Crippen molar-refractivity contribution in [2.24, 2.45) is 11.8 Å². The number of benzene rings is 1. The van der Waals surface area contributed by atoms with Crippen LogP contribution in [0.5, 0.6) is 0 Å². The molecule has 5 heteroatoms. The maximum atomic E-state index is 12.1. The lowest BCUT2D eigenvalue weighted by molar-refractivity contribution is -0.116. The van der Waals surface area contributed by atoms with Crippen LogP contribution in [-0.4, -0.2) is 27.2 Å². The normalized spacial score (nSPS) is 16.5. The van der Waals surface area contributed by atoms with Gasteiger partial charge in [0.25, 0.3) is 0 Å². The second-order valence-electron chi connectivity index (χ2n) is 9.20. The van der Waals surface area contributed by atoms with Crippen molar-refractivity contribution in [1.29, 1.82) is 10.8 Å². The van der Waals surface area contributed by atoms with E-state index >= 15 is 0 Å². The van der Waals surface area contributed by atoms with E-state index in [0.717, 1.165) is 40.9 Å². The Kier molecular flexibility index (Phi) is 7.85.